The number of aryl methyl sites for hydroxylation is 1. The number of aliphatic hydroxyl groups is 1. The molecule has 178 valence electrons. The molecule has 35 heavy (non-hydrogen) atoms. The fourth-order valence-electron chi connectivity index (χ4n) is 4.88. The molecule has 1 saturated heterocycles. The summed E-state index contributed by atoms with van der Waals surface area (Å²) >= 11 is 0. The molecular formula is C29H27NO5. The van der Waals surface area contributed by atoms with Crippen LogP contribution in [0, 0.1) is 6.92 Å². The van der Waals surface area contributed by atoms with Crippen LogP contribution in [0.2, 0.25) is 0 Å². The highest BCUT2D eigenvalue weighted by atomic mass is 16.5. The fraction of sp³-hybridized carbons (Fsp3) is 0.241. The third-order valence-corrected chi connectivity index (χ3v) is 6.52. The minimum atomic E-state index is -0.766. The van der Waals surface area contributed by atoms with E-state index in [9.17, 15) is 14.7 Å². The minimum Gasteiger partial charge on any atom is -0.507 e. The average molecular weight is 470 g/mol. The monoisotopic (exact) mass is 469 g/mol. The number of ether oxygens (including phenoxy) is 2. The largest absolute Gasteiger partial charge is 0.507 e. The molecule has 2 atom stereocenters. The molecule has 3 aromatic carbocycles. The number of carbonyl (C=O) groups excluding carboxylic acids is 2. The van der Waals surface area contributed by atoms with Crippen LogP contribution in [0.25, 0.3) is 5.76 Å². The van der Waals surface area contributed by atoms with E-state index in [1.54, 1.807) is 36.4 Å². The number of hydrogen-bond donors (Lipinski definition) is 1. The number of anilines is 1. The lowest BCUT2D eigenvalue weighted by Gasteiger charge is -2.26. The summed E-state index contributed by atoms with van der Waals surface area (Å²) in [5.41, 5.74) is 3.78. The molecule has 2 aliphatic heterocycles. The molecule has 1 N–H and O–H groups in total. The van der Waals surface area contributed by atoms with Crippen LogP contribution >= 0.6 is 0 Å². The van der Waals surface area contributed by atoms with E-state index in [4.69, 9.17) is 9.47 Å². The Hall–Kier alpha value is -4.06. The van der Waals surface area contributed by atoms with Crippen LogP contribution in [0.1, 0.15) is 42.1 Å². The van der Waals surface area contributed by atoms with Gasteiger partial charge in [0.2, 0.25) is 0 Å². The van der Waals surface area contributed by atoms with Gasteiger partial charge in [-0.15, -0.1) is 0 Å². The molecule has 3 aromatic rings. The Morgan fingerprint density at radius 3 is 2.54 bits per heavy atom. The molecule has 0 bridgehead atoms. The summed E-state index contributed by atoms with van der Waals surface area (Å²) in [6, 6.07) is 19.3. The molecule has 0 radical (unpaired) electrons. The molecule has 0 saturated carbocycles. The number of fused-ring (bicyclic) bond motifs is 1. The van der Waals surface area contributed by atoms with Gasteiger partial charge >= 0.3 is 0 Å². The zero-order chi connectivity index (χ0) is 24.7. The number of aliphatic hydroxyl groups excluding tert-OH is 1. The standard InChI is InChI=1S/C29H27NO5/c1-4-34-22-12-10-21(11-13-22)30-26(23-8-6-5-7-17(23)2)25(28(32)29(30)33)27(31)19-9-14-24-20(16-19)15-18(3)35-24/h5-14,16,18,26,31H,4,15H2,1-3H3/b27-25+. The normalized spacial score (nSPS) is 20.6. The molecule has 1 amide bonds. The van der Waals surface area contributed by atoms with Crippen LogP contribution in [0.3, 0.4) is 0 Å². The van der Waals surface area contributed by atoms with Crippen molar-refractivity contribution in [3.05, 3.63) is 94.6 Å². The van der Waals surface area contributed by atoms with E-state index in [2.05, 4.69) is 0 Å². The van der Waals surface area contributed by atoms with Gasteiger partial charge in [0.15, 0.2) is 0 Å². The van der Waals surface area contributed by atoms with Crippen molar-refractivity contribution in [1.29, 1.82) is 0 Å². The first-order chi connectivity index (χ1) is 16.9. The van der Waals surface area contributed by atoms with E-state index >= 15 is 0 Å². The van der Waals surface area contributed by atoms with Crippen molar-refractivity contribution >= 4 is 23.1 Å². The number of benzene rings is 3. The smallest absolute Gasteiger partial charge is 0.300 e. The van der Waals surface area contributed by atoms with Crippen molar-refractivity contribution in [3.63, 3.8) is 0 Å². The van der Waals surface area contributed by atoms with E-state index < -0.39 is 17.7 Å². The highest BCUT2D eigenvalue weighted by Crippen LogP contribution is 2.44. The Bertz CT molecular complexity index is 1340. The number of Topliss-reactive ketones (excluding diaryl/α,β-unsaturated/α-hetero) is 1. The van der Waals surface area contributed by atoms with Crippen LogP contribution in [0.15, 0.2) is 72.3 Å². The van der Waals surface area contributed by atoms with Crippen LogP contribution in [0.4, 0.5) is 5.69 Å². The summed E-state index contributed by atoms with van der Waals surface area (Å²) in [5.74, 6) is -0.126. The van der Waals surface area contributed by atoms with Gasteiger partial charge in [-0.3, -0.25) is 14.5 Å². The second-order valence-corrected chi connectivity index (χ2v) is 8.91. The predicted molar refractivity (Wildman–Crippen MR) is 134 cm³/mol. The lowest BCUT2D eigenvalue weighted by Crippen LogP contribution is -2.29. The Morgan fingerprint density at radius 2 is 1.83 bits per heavy atom. The Kier molecular flexibility index (Phi) is 5.81. The molecule has 2 unspecified atom stereocenters. The number of rotatable bonds is 5. The molecule has 2 heterocycles. The highest BCUT2D eigenvalue weighted by Gasteiger charge is 2.47. The molecule has 0 spiro atoms. The van der Waals surface area contributed by atoms with Gasteiger partial charge in [-0.05, 0) is 79.9 Å². The number of nitrogens with zero attached hydrogens (tertiary/aromatic N) is 1. The van der Waals surface area contributed by atoms with Crippen molar-refractivity contribution in [2.24, 2.45) is 0 Å². The second kappa shape index (κ2) is 8.95. The molecule has 6 nitrogen and oxygen atoms in total. The predicted octanol–water partition coefficient (Wildman–Crippen LogP) is 5.34. The molecule has 2 aliphatic rings. The van der Waals surface area contributed by atoms with E-state index in [1.807, 2.05) is 51.1 Å². The van der Waals surface area contributed by atoms with Crippen molar-refractivity contribution in [3.8, 4) is 11.5 Å². The summed E-state index contributed by atoms with van der Waals surface area (Å²) in [4.78, 5) is 28.2. The summed E-state index contributed by atoms with van der Waals surface area (Å²) in [6.45, 7) is 6.34. The number of carbonyl (C=O) groups is 2. The van der Waals surface area contributed by atoms with Gasteiger partial charge in [0, 0.05) is 17.7 Å². The average Bonchev–Trinajstić information content (AvgIpc) is 3.35. The van der Waals surface area contributed by atoms with Crippen molar-refractivity contribution in [2.75, 3.05) is 11.5 Å². The SMILES string of the molecule is CCOc1ccc(N2C(=O)C(=O)/C(=C(/O)c3ccc4c(c3)CC(C)O4)C2c2ccccc2C)cc1. The first-order valence-electron chi connectivity index (χ1n) is 11.8. The van der Waals surface area contributed by atoms with E-state index in [0.717, 1.165) is 28.9 Å². The zero-order valence-electron chi connectivity index (χ0n) is 19.9. The molecule has 0 aromatic heterocycles. The lowest BCUT2D eigenvalue weighted by atomic mass is 9.92. The third-order valence-electron chi connectivity index (χ3n) is 6.52. The lowest BCUT2D eigenvalue weighted by molar-refractivity contribution is -0.132. The second-order valence-electron chi connectivity index (χ2n) is 8.91. The molecule has 6 heteroatoms. The molecule has 5 rings (SSSR count). The van der Waals surface area contributed by atoms with Crippen molar-refractivity contribution in [2.45, 2.75) is 39.3 Å². The van der Waals surface area contributed by atoms with Gasteiger partial charge in [-0.1, -0.05) is 24.3 Å². The summed E-state index contributed by atoms with van der Waals surface area (Å²) < 4.78 is 11.3. The topological polar surface area (TPSA) is 76.1 Å². The van der Waals surface area contributed by atoms with Gasteiger partial charge in [0.25, 0.3) is 11.7 Å². The van der Waals surface area contributed by atoms with Gasteiger partial charge in [-0.25, -0.2) is 0 Å². The number of amides is 1. The maximum atomic E-state index is 13.4. The van der Waals surface area contributed by atoms with E-state index in [1.165, 1.54) is 4.90 Å². The van der Waals surface area contributed by atoms with E-state index in [0.29, 0.717) is 23.6 Å². The van der Waals surface area contributed by atoms with Gasteiger partial charge in [0.05, 0.1) is 18.2 Å². The van der Waals surface area contributed by atoms with Crippen LogP contribution in [-0.4, -0.2) is 29.5 Å². The maximum Gasteiger partial charge on any atom is 0.300 e. The number of ketones is 1. The summed E-state index contributed by atoms with van der Waals surface area (Å²) in [7, 11) is 0. The highest BCUT2D eigenvalue weighted by molar-refractivity contribution is 6.51. The molecule has 0 aliphatic carbocycles. The summed E-state index contributed by atoms with van der Waals surface area (Å²) in [6.07, 6.45) is 0.776. The minimum absolute atomic E-state index is 0.0552. The van der Waals surface area contributed by atoms with Crippen LogP contribution in [0.5, 0.6) is 11.5 Å². The van der Waals surface area contributed by atoms with Gasteiger partial charge in [-0.2, -0.15) is 0 Å². The van der Waals surface area contributed by atoms with Crippen molar-refractivity contribution < 1.29 is 24.2 Å². The zero-order valence-corrected chi connectivity index (χ0v) is 19.9. The van der Waals surface area contributed by atoms with Crippen LogP contribution in [-0.2, 0) is 16.0 Å². The quantitative estimate of drug-likeness (QED) is 0.310. The van der Waals surface area contributed by atoms with Crippen molar-refractivity contribution in [1.82, 2.24) is 0 Å². The number of hydrogen-bond acceptors (Lipinski definition) is 5. The fourth-order valence-corrected chi connectivity index (χ4v) is 4.88. The van der Waals surface area contributed by atoms with Crippen LogP contribution < -0.4 is 14.4 Å². The van der Waals surface area contributed by atoms with E-state index in [-0.39, 0.29) is 17.4 Å². The Labute approximate surface area is 204 Å². The van der Waals surface area contributed by atoms with Gasteiger partial charge < -0.3 is 14.6 Å². The molecule has 1 fully saturated rings. The maximum absolute atomic E-state index is 13.4. The first-order valence-corrected chi connectivity index (χ1v) is 11.8. The Balaban J connectivity index is 1.66. The van der Waals surface area contributed by atoms with Gasteiger partial charge in [0.1, 0.15) is 23.4 Å². The third kappa shape index (κ3) is 3.95. The molecular weight excluding hydrogens is 442 g/mol. The summed E-state index contributed by atoms with van der Waals surface area (Å²) in [5, 5.41) is 11.4. The Morgan fingerprint density at radius 1 is 1.09 bits per heavy atom. The first kappa shape index (κ1) is 22.7.